The largest absolute Gasteiger partial charge is 0.493 e. The molecule has 0 radical (unpaired) electrons. The second kappa shape index (κ2) is 7.44. The number of aryl methyl sites for hydroxylation is 1. The molecule has 7 heteroatoms. The molecule has 23 heavy (non-hydrogen) atoms. The molecule has 1 heterocycles. The van der Waals surface area contributed by atoms with Gasteiger partial charge in [0, 0.05) is 17.3 Å². The number of rotatable bonds is 6. The Morgan fingerprint density at radius 3 is 2.83 bits per heavy atom. The van der Waals surface area contributed by atoms with Crippen LogP contribution in [0, 0.1) is 6.92 Å². The Bertz CT molecular complexity index is 753. The van der Waals surface area contributed by atoms with Crippen LogP contribution in [0.2, 0.25) is 0 Å². The lowest BCUT2D eigenvalue weighted by molar-refractivity contribution is 0.230. The van der Waals surface area contributed by atoms with Gasteiger partial charge in [0.1, 0.15) is 0 Å². The molecule has 0 aliphatic heterocycles. The Hall–Kier alpha value is -2.83. The van der Waals surface area contributed by atoms with Crippen LogP contribution in [-0.2, 0) is 0 Å². The van der Waals surface area contributed by atoms with Gasteiger partial charge >= 0.3 is 0 Å². The van der Waals surface area contributed by atoms with Gasteiger partial charge in [-0.05, 0) is 32.9 Å². The zero-order chi connectivity index (χ0) is 16.8. The van der Waals surface area contributed by atoms with Crippen LogP contribution in [0.3, 0.4) is 0 Å². The number of hydrazone groups is 1. The third-order valence-electron chi connectivity index (χ3n) is 2.83. The number of hydrogen-bond acceptors (Lipinski definition) is 6. The van der Waals surface area contributed by atoms with Crippen LogP contribution >= 0.6 is 0 Å². The van der Waals surface area contributed by atoms with Crippen molar-refractivity contribution in [3.63, 3.8) is 0 Å². The number of aromatic nitrogens is 2. The Morgan fingerprint density at radius 1 is 1.39 bits per heavy atom. The molecule has 0 bridgehead atoms. The van der Waals surface area contributed by atoms with E-state index in [2.05, 4.69) is 20.5 Å². The second-order valence-corrected chi connectivity index (χ2v) is 5.15. The highest BCUT2D eigenvalue weighted by Gasteiger charge is 2.10. The number of aromatic amines is 1. The average Bonchev–Trinajstić information content (AvgIpc) is 2.47. The zero-order valence-electron chi connectivity index (χ0n) is 13.6. The second-order valence-electron chi connectivity index (χ2n) is 5.15. The summed E-state index contributed by atoms with van der Waals surface area (Å²) in [5.41, 5.74) is 3.82. The number of hydrogen-bond donors (Lipinski definition) is 2. The molecule has 0 spiro atoms. The van der Waals surface area contributed by atoms with E-state index in [0.717, 1.165) is 5.56 Å². The normalized spacial score (nSPS) is 11.0. The maximum absolute atomic E-state index is 11.4. The van der Waals surface area contributed by atoms with Crippen molar-refractivity contribution in [3.8, 4) is 11.5 Å². The maximum atomic E-state index is 11.4. The molecule has 2 aromatic rings. The number of ether oxygens (including phenoxy) is 2. The standard InChI is InChI=1S/C16H20N4O3/c1-10(2)23-15-12(6-5-7-13(15)22-4)9-17-20-16-18-11(3)8-14(21)19-16/h5-10H,1-4H3,(H2,18,19,20,21)/b17-9-. The molecule has 0 saturated carbocycles. The summed E-state index contributed by atoms with van der Waals surface area (Å²) in [6.07, 6.45) is 1.59. The summed E-state index contributed by atoms with van der Waals surface area (Å²) in [4.78, 5) is 18.1. The summed E-state index contributed by atoms with van der Waals surface area (Å²) in [6.45, 7) is 5.61. The van der Waals surface area contributed by atoms with Gasteiger partial charge in [0.05, 0.1) is 19.4 Å². The molecule has 1 aromatic heterocycles. The van der Waals surface area contributed by atoms with Gasteiger partial charge in [0.25, 0.3) is 5.56 Å². The summed E-state index contributed by atoms with van der Waals surface area (Å²) in [5.74, 6) is 1.52. The predicted molar refractivity (Wildman–Crippen MR) is 89.6 cm³/mol. The smallest absolute Gasteiger partial charge is 0.252 e. The van der Waals surface area contributed by atoms with Gasteiger partial charge in [-0.3, -0.25) is 9.78 Å². The van der Waals surface area contributed by atoms with Crippen molar-refractivity contribution in [1.29, 1.82) is 0 Å². The molecule has 0 aliphatic rings. The van der Waals surface area contributed by atoms with E-state index < -0.39 is 0 Å². The van der Waals surface area contributed by atoms with Gasteiger partial charge < -0.3 is 9.47 Å². The highest BCUT2D eigenvalue weighted by Crippen LogP contribution is 2.30. The fraction of sp³-hybridized carbons (Fsp3) is 0.312. The van der Waals surface area contributed by atoms with Crippen molar-refractivity contribution in [2.75, 3.05) is 12.5 Å². The van der Waals surface area contributed by atoms with Gasteiger partial charge in [0.2, 0.25) is 5.95 Å². The first-order valence-corrected chi connectivity index (χ1v) is 7.20. The Labute approximate surface area is 134 Å². The topological polar surface area (TPSA) is 88.6 Å². The Morgan fingerprint density at radius 2 is 2.17 bits per heavy atom. The van der Waals surface area contributed by atoms with Crippen molar-refractivity contribution in [1.82, 2.24) is 9.97 Å². The maximum Gasteiger partial charge on any atom is 0.252 e. The minimum atomic E-state index is -0.236. The van der Waals surface area contributed by atoms with Crippen molar-refractivity contribution >= 4 is 12.2 Å². The van der Waals surface area contributed by atoms with Crippen LogP contribution in [0.15, 0.2) is 34.2 Å². The summed E-state index contributed by atoms with van der Waals surface area (Å²) >= 11 is 0. The lowest BCUT2D eigenvalue weighted by Crippen LogP contribution is -2.11. The molecular formula is C16H20N4O3. The third-order valence-corrected chi connectivity index (χ3v) is 2.83. The van der Waals surface area contributed by atoms with E-state index in [1.807, 2.05) is 32.0 Å². The highest BCUT2D eigenvalue weighted by atomic mass is 16.5. The average molecular weight is 316 g/mol. The molecule has 0 atom stereocenters. The molecule has 1 aromatic carbocycles. The molecule has 2 rings (SSSR count). The number of benzene rings is 1. The molecule has 0 aliphatic carbocycles. The van der Waals surface area contributed by atoms with E-state index in [0.29, 0.717) is 17.2 Å². The Balaban J connectivity index is 2.23. The van der Waals surface area contributed by atoms with Gasteiger partial charge in [-0.15, -0.1) is 0 Å². The van der Waals surface area contributed by atoms with Gasteiger partial charge in [0.15, 0.2) is 11.5 Å². The van der Waals surface area contributed by atoms with E-state index in [4.69, 9.17) is 9.47 Å². The first kappa shape index (κ1) is 16.5. The minimum Gasteiger partial charge on any atom is -0.493 e. The van der Waals surface area contributed by atoms with Gasteiger partial charge in [-0.25, -0.2) is 10.4 Å². The van der Waals surface area contributed by atoms with Crippen molar-refractivity contribution < 1.29 is 9.47 Å². The zero-order valence-corrected chi connectivity index (χ0v) is 13.6. The SMILES string of the molecule is COc1cccc(/C=N\Nc2nc(C)cc(=O)[nH]2)c1OC(C)C. The third kappa shape index (κ3) is 4.57. The lowest BCUT2D eigenvalue weighted by Gasteiger charge is -2.15. The van der Waals surface area contributed by atoms with E-state index >= 15 is 0 Å². The number of nitrogens with one attached hydrogen (secondary N) is 2. The van der Waals surface area contributed by atoms with Crippen LogP contribution < -0.4 is 20.5 Å². The van der Waals surface area contributed by atoms with Crippen LogP contribution in [-0.4, -0.2) is 29.4 Å². The first-order valence-electron chi connectivity index (χ1n) is 7.20. The van der Waals surface area contributed by atoms with Crippen LogP contribution in [0.4, 0.5) is 5.95 Å². The van der Waals surface area contributed by atoms with Crippen molar-refractivity contribution in [2.24, 2.45) is 5.10 Å². The minimum absolute atomic E-state index is 0.00111. The molecule has 122 valence electrons. The van der Waals surface area contributed by atoms with Crippen LogP contribution in [0.5, 0.6) is 11.5 Å². The quantitative estimate of drug-likeness (QED) is 0.630. The number of nitrogens with zero attached hydrogens (tertiary/aromatic N) is 2. The lowest BCUT2D eigenvalue weighted by atomic mass is 10.2. The molecule has 0 amide bonds. The fourth-order valence-electron chi connectivity index (χ4n) is 1.95. The van der Waals surface area contributed by atoms with Crippen molar-refractivity contribution in [2.45, 2.75) is 26.9 Å². The summed E-state index contributed by atoms with van der Waals surface area (Å²) in [7, 11) is 1.59. The van der Waals surface area contributed by atoms with E-state index in [1.54, 1.807) is 20.2 Å². The van der Waals surface area contributed by atoms with Gasteiger partial charge in [-0.2, -0.15) is 5.10 Å². The molecule has 0 fully saturated rings. The van der Waals surface area contributed by atoms with Crippen LogP contribution in [0.25, 0.3) is 0 Å². The number of para-hydroxylation sites is 1. The fourth-order valence-corrected chi connectivity index (χ4v) is 1.95. The number of H-pyrrole nitrogens is 1. The van der Waals surface area contributed by atoms with E-state index in [1.165, 1.54) is 6.07 Å². The monoisotopic (exact) mass is 316 g/mol. The number of methoxy groups -OCH3 is 1. The van der Waals surface area contributed by atoms with Crippen LogP contribution in [0.1, 0.15) is 25.1 Å². The van der Waals surface area contributed by atoms with Gasteiger partial charge in [-0.1, -0.05) is 6.07 Å². The molecule has 7 nitrogen and oxygen atoms in total. The van der Waals surface area contributed by atoms with E-state index in [9.17, 15) is 4.79 Å². The van der Waals surface area contributed by atoms with Crippen molar-refractivity contribution in [3.05, 3.63) is 45.9 Å². The first-order chi connectivity index (χ1) is 11.0. The predicted octanol–water partition coefficient (Wildman–Crippen LogP) is 2.32. The molecule has 0 saturated heterocycles. The molecule has 0 unspecified atom stereocenters. The highest BCUT2D eigenvalue weighted by molar-refractivity contribution is 5.85. The summed E-state index contributed by atoms with van der Waals surface area (Å²) < 4.78 is 11.1. The van der Waals surface area contributed by atoms with E-state index in [-0.39, 0.29) is 17.6 Å². The molecule has 2 N–H and O–H groups in total. The molecular weight excluding hydrogens is 296 g/mol. The summed E-state index contributed by atoms with van der Waals surface area (Å²) in [5, 5.41) is 4.09. The Kier molecular flexibility index (Phi) is 5.35. The summed E-state index contributed by atoms with van der Waals surface area (Å²) in [6, 6.07) is 6.94. The number of anilines is 1.